The van der Waals surface area contributed by atoms with Crippen molar-refractivity contribution < 1.29 is 63.2 Å². The number of methoxy groups -OCH3 is 4. The van der Waals surface area contributed by atoms with E-state index < -0.39 is 54.7 Å². The summed E-state index contributed by atoms with van der Waals surface area (Å²) in [6.07, 6.45) is -11.0. The minimum Gasteiger partial charge on any atom is -0.496 e. The van der Waals surface area contributed by atoms with Crippen molar-refractivity contribution in [2.75, 3.05) is 28.4 Å². The lowest BCUT2D eigenvalue weighted by Gasteiger charge is -2.38. The van der Waals surface area contributed by atoms with E-state index in [0.29, 0.717) is 17.1 Å². The molecule has 0 aromatic heterocycles. The van der Waals surface area contributed by atoms with Crippen molar-refractivity contribution in [2.24, 2.45) is 0 Å². The monoisotopic (exact) mass is 536 g/mol. The molecule has 4 N–H and O–H groups in total. The lowest BCUT2D eigenvalue weighted by molar-refractivity contribution is -0.271. The Labute approximate surface area is 217 Å². The van der Waals surface area contributed by atoms with Gasteiger partial charge in [-0.3, -0.25) is 4.79 Å². The van der Waals surface area contributed by atoms with Crippen LogP contribution in [0.3, 0.4) is 0 Å². The van der Waals surface area contributed by atoms with Gasteiger partial charge in [0.05, 0.1) is 21.3 Å². The number of carboxylic acid groups (broad SMARTS) is 1. The van der Waals surface area contributed by atoms with E-state index in [2.05, 4.69) is 0 Å². The molecule has 2 aliphatic heterocycles. The summed E-state index contributed by atoms with van der Waals surface area (Å²) in [4.78, 5) is 24.9. The summed E-state index contributed by atoms with van der Waals surface area (Å²) in [6.45, 7) is 0. The Morgan fingerprint density at radius 3 is 2.16 bits per heavy atom. The molecule has 2 aromatic rings. The van der Waals surface area contributed by atoms with E-state index in [4.69, 9.17) is 33.2 Å². The van der Waals surface area contributed by atoms with Gasteiger partial charge in [0.25, 0.3) is 0 Å². The normalized spacial score (nSPS) is 28.6. The molecular weight excluding hydrogens is 508 g/mol. The van der Waals surface area contributed by atoms with Crippen LogP contribution in [0.15, 0.2) is 30.3 Å². The number of hydrogen-bond donors (Lipinski definition) is 4. The summed E-state index contributed by atoms with van der Waals surface area (Å²) < 4.78 is 38.5. The molecule has 0 spiro atoms. The van der Waals surface area contributed by atoms with Gasteiger partial charge in [0, 0.05) is 19.2 Å². The van der Waals surface area contributed by atoms with Crippen molar-refractivity contribution in [1.82, 2.24) is 0 Å². The maximum Gasteiger partial charge on any atom is 0.335 e. The summed E-state index contributed by atoms with van der Waals surface area (Å²) in [5.41, 5.74) is 0.624. The van der Waals surface area contributed by atoms with Crippen LogP contribution in [0, 0.1) is 0 Å². The zero-order valence-electron chi connectivity index (χ0n) is 20.9. The molecule has 2 aliphatic rings. The first-order chi connectivity index (χ1) is 18.1. The number of aliphatic carboxylic acids is 1. The number of ether oxygens (including phenoxy) is 7. The maximum absolute atomic E-state index is 13.5. The highest BCUT2D eigenvalue weighted by atomic mass is 16.7. The van der Waals surface area contributed by atoms with Gasteiger partial charge in [-0.05, 0) is 17.7 Å². The van der Waals surface area contributed by atoms with Crippen LogP contribution in [0.5, 0.6) is 28.7 Å². The summed E-state index contributed by atoms with van der Waals surface area (Å²) in [5, 5.41) is 39.6. The molecule has 13 nitrogen and oxygen atoms in total. The van der Waals surface area contributed by atoms with Gasteiger partial charge < -0.3 is 53.6 Å². The molecule has 1 fully saturated rings. The average Bonchev–Trinajstić information content (AvgIpc) is 2.91. The van der Waals surface area contributed by atoms with Gasteiger partial charge in [0.15, 0.2) is 29.8 Å². The molecule has 0 bridgehead atoms. The smallest absolute Gasteiger partial charge is 0.335 e. The third-order valence-corrected chi connectivity index (χ3v) is 6.35. The fourth-order valence-electron chi connectivity index (χ4n) is 4.40. The third-order valence-electron chi connectivity index (χ3n) is 6.35. The molecule has 2 aromatic carbocycles. The van der Waals surface area contributed by atoms with Crippen molar-refractivity contribution in [3.8, 4) is 28.7 Å². The number of hydrogen-bond acceptors (Lipinski definition) is 12. The van der Waals surface area contributed by atoms with E-state index >= 15 is 0 Å². The van der Waals surface area contributed by atoms with Crippen LogP contribution >= 0.6 is 0 Å². The van der Waals surface area contributed by atoms with Crippen LogP contribution in [-0.2, 0) is 14.3 Å². The molecule has 1 saturated heterocycles. The Kier molecular flexibility index (Phi) is 7.94. The molecule has 13 heteroatoms. The second-order valence-electron chi connectivity index (χ2n) is 8.53. The predicted molar refractivity (Wildman–Crippen MR) is 126 cm³/mol. The minimum atomic E-state index is -1.88. The van der Waals surface area contributed by atoms with Crippen LogP contribution in [0.2, 0.25) is 0 Å². The summed E-state index contributed by atoms with van der Waals surface area (Å²) >= 11 is 0. The molecule has 0 amide bonds. The van der Waals surface area contributed by atoms with Gasteiger partial charge in [-0.1, -0.05) is 6.07 Å². The number of carbonyl (C=O) groups is 2. The summed E-state index contributed by atoms with van der Waals surface area (Å²) in [5.74, 6) is -1.04. The van der Waals surface area contributed by atoms with E-state index in [1.54, 1.807) is 18.2 Å². The molecule has 0 saturated carbocycles. The molecule has 7 atom stereocenters. The van der Waals surface area contributed by atoms with Crippen LogP contribution in [-0.4, -0.2) is 97.4 Å². The van der Waals surface area contributed by atoms with E-state index in [1.807, 2.05) is 0 Å². The fraction of sp³-hybridized carbons (Fsp3) is 0.440. The lowest BCUT2D eigenvalue weighted by atomic mass is 9.92. The van der Waals surface area contributed by atoms with Gasteiger partial charge in [-0.2, -0.15) is 0 Å². The number of rotatable bonds is 8. The Bertz CT molecular complexity index is 1200. The zero-order valence-corrected chi connectivity index (χ0v) is 20.9. The summed E-state index contributed by atoms with van der Waals surface area (Å²) in [7, 11) is 5.65. The zero-order chi connectivity index (χ0) is 27.7. The van der Waals surface area contributed by atoms with E-state index in [-0.39, 0.29) is 22.8 Å². The van der Waals surface area contributed by atoms with Gasteiger partial charge >= 0.3 is 5.97 Å². The van der Waals surface area contributed by atoms with E-state index in [1.165, 1.54) is 40.6 Å². The SMILES string of the molecule is COc1ccc(C2Oc3cc(O[C@@H]4O[C@H](C(=O)O)[C@@H](O)[C@H](O)[C@H]4O)cc(OC)c3C(=O)C2OC)cc1OC. The molecule has 2 unspecified atom stereocenters. The predicted octanol–water partition coefficient (Wildman–Crippen LogP) is 0.315. The van der Waals surface area contributed by atoms with Crippen molar-refractivity contribution in [3.05, 3.63) is 41.5 Å². The number of carboxylic acids is 1. The van der Waals surface area contributed by atoms with Crippen molar-refractivity contribution in [2.45, 2.75) is 42.9 Å². The fourth-order valence-corrected chi connectivity index (χ4v) is 4.40. The van der Waals surface area contributed by atoms with E-state index in [9.17, 15) is 30.0 Å². The maximum atomic E-state index is 13.5. The number of carbonyl (C=O) groups excluding carboxylic acids is 1. The van der Waals surface area contributed by atoms with Crippen LogP contribution < -0.4 is 23.7 Å². The van der Waals surface area contributed by atoms with Crippen LogP contribution in [0.25, 0.3) is 0 Å². The quantitative estimate of drug-likeness (QED) is 0.362. The molecule has 0 radical (unpaired) electrons. The summed E-state index contributed by atoms with van der Waals surface area (Å²) in [6, 6.07) is 7.64. The number of aliphatic hydroxyl groups excluding tert-OH is 3. The van der Waals surface area contributed by atoms with Gasteiger partial charge in [-0.15, -0.1) is 0 Å². The first-order valence-corrected chi connectivity index (χ1v) is 11.4. The Morgan fingerprint density at radius 2 is 1.55 bits per heavy atom. The first-order valence-electron chi connectivity index (χ1n) is 11.4. The highest BCUT2D eigenvalue weighted by Gasteiger charge is 2.48. The molecule has 4 rings (SSSR count). The van der Waals surface area contributed by atoms with Crippen LogP contribution in [0.1, 0.15) is 22.0 Å². The topological polar surface area (TPSA) is 180 Å². The van der Waals surface area contributed by atoms with Crippen LogP contribution in [0.4, 0.5) is 0 Å². The number of aliphatic hydroxyl groups is 3. The number of fused-ring (bicyclic) bond motifs is 1. The first kappa shape index (κ1) is 27.4. The molecule has 38 heavy (non-hydrogen) atoms. The second-order valence-corrected chi connectivity index (χ2v) is 8.53. The second kappa shape index (κ2) is 11.0. The Morgan fingerprint density at radius 1 is 0.868 bits per heavy atom. The number of benzene rings is 2. The molecule has 2 heterocycles. The minimum absolute atomic E-state index is 0.0351. The highest BCUT2D eigenvalue weighted by Crippen LogP contribution is 2.44. The van der Waals surface area contributed by atoms with Crippen molar-refractivity contribution >= 4 is 11.8 Å². The van der Waals surface area contributed by atoms with Gasteiger partial charge in [0.2, 0.25) is 12.1 Å². The number of Topliss-reactive ketones (excluding diaryl/α,β-unsaturated/α-hetero) is 1. The molecule has 0 aliphatic carbocycles. The third kappa shape index (κ3) is 4.81. The van der Waals surface area contributed by atoms with Gasteiger partial charge in [-0.25, -0.2) is 4.79 Å². The van der Waals surface area contributed by atoms with E-state index in [0.717, 1.165) is 0 Å². The Hall–Kier alpha value is -3.62. The average molecular weight is 536 g/mol. The van der Waals surface area contributed by atoms with Crippen molar-refractivity contribution in [3.63, 3.8) is 0 Å². The molecular formula is C25H28O13. The standard InChI is InChI=1S/C25H28O13/c1-32-12-6-5-10(7-13(12)33-2)21-22(35-4)17(26)16-14(34-3)8-11(9-15(16)37-21)36-25-20(29)18(27)19(28)23(38-25)24(30)31/h5-9,18-23,25,27-29H,1-4H3,(H,30,31)/t18-,19-,20+,21?,22?,23-,25+/m0/s1. The van der Waals surface area contributed by atoms with Crippen molar-refractivity contribution in [1.29, 1.82) is 0 Å². The van der Waals surface area contributed by atoms with Gasteiger partial charge in [0.1, 0.15) is 41.1 Å². The highest BCUT2D eigenvalue weighted by molar-refractivity contribution is 6.06. The lowest BCUT2D eigenvalue weighted by Crippen LogP contribution is -2.61. The Balaban J connectivity index is 1.70. The largest absolute Gasteiger partial charge is 0.496 e. The molecule has 206 valence electrons. The number of ketones is 1.